The summed E-state index contributed by atoms with van der Waals surface area (Å²) in [5, 5.41) is 8.70. The Bertz CT molecular complexity index is 1760. The Morgan fingerprint density at radius 2 is 1.94 bits per heavy atom. The average molecular weight is 654 g/mol. The van der Waals surface area contributed by atoms with Gasteiger partial charge >= 0.3 is 5.97 Å². The van der Waals surface area contributed by atoms with Crippen molar-refractivity contribution >= 4 is 25.1 Å². The lowest BCUT2D eigenvalue weighted by molar-refractivity contribution is -0.154. The average Bonchev–Trinajstić information content (AvgIpc) is 3.62. The highest BCUT2D eigenvalue weighted by Crippen LogP contribution is 2.45. The summed E-state index contributed by atoms with van der Waals surface area (Å²) in [7, 11) is 0.549. The number of pyridine rings is 1. The van der Waals surface area contributed by atoms with Gasteiger partial charge in [0.25, 0.3) is 0 Å². The number of ether oxygens (including phenoxy) is 2. The second-order valence-electron chi connectivity index (χ2n) is 15.4. The van der Waals surface area contributed by atoms with Crippen LogP contribution in [0, 0.1) is 5.41 Å². The molecule has 2 aromatic carbocycles. The summed E-state index contributed by atoms with van der Waals surface area (Å²) in [6, 6.07) is 16.1. The van der Waals surface area contributed by atoms with Crippen LogP contribution < -0.4 is 4.74 Å². The number of carbonyl (C=O) groups is 1. The van der Waals surface area contributed by atoms with Gasteiger partial charge in [-0.05, 0) is 105 Å². The van der Waals surface area contributed by atoms with Gasteiger partial charge in [-0.25, -0.2) is 4.68 Å². The molecule has 4 aromatic rings. The lowest BCUT2D eigenvalue weighted by Gasteiger charge is -2.35. The molecule has 3 atom stereocenters. The topological polar surface area (TPSA) is 82.4 Å². The fourth-order valence-electron chi connectivity index (χ4n) is 7.41. The van der Waals surface area contributed by atoms with Crippen LogP contribution in [0.25, 0.3) is 11.0 Å². The van der Waals surface area contributed by atoms with Crippen LogP contribution in [0.3, 0.4) is 0 Å². The second kappa shape index (κ2) is 13.2. The molecule has 0 radical (unpaired) electrons. The summed E-state index contributed by atoms with van der Waals surface area (Å²) in [5.41, 5.74) is 8.37. The molecule has 0 N–H and O–H groups in total. The molecule has 0 saturated carbocycles. The van der Waals surface area contributed by atoms with Crippen LogP contribution in [0.2, 0.25) is 25.7 Å². The summed E-state index contributed by atoms with van der Waals surface area (Å²) in [6.07, 6.45) is 6.16. The molecule has 47 heavy (non-hydrogen) atoms. The van der Waals surface area contributed by atoms with Crippen molar-refractivity contribution in [2.75, 3.05) is 13.2 Å². The number of carbonyl (C=O) groups excluding carboxylic acids is 1. The van der Waals surface area contributed by atoms with Crippen LogP contribution in [0.4, 0.5) is 0 Å². The van der Waals surface area contributed by atoms with Gasteiger partial charge in [0.2, 0.25) is 0 Å². The number of aryl methyl sites for hydroxylation is 2. The maximum absolute atomic E-state index is 14.0. The summed E-state index contributed by atoms with van der Waals surface area (Å²) in [4.78, 5) is 21.3. The highest BCUT2D eigenvalue weighted by molar-refractivity contribution is 6.76. The van der Waals surface area contributed by atoms with E-state index in [1.807, 2.05) is 39.2 Å². The molecule has 1 unspecified atom stereocenters. The molecule has 6 rings (SSSR count). The van der Waals surface area contributed by atoms with Gasteiger partial charge in [-0.3, -0.25) is 14.7 Å². The fraction of sp³-hybridized carbons (Fsp3) is 0.526. The molecule has 0 amide bonds. The summed E-state index contributed by atoms with van der Waals surface area (Å²) < 4.78 is 14.3. The van der Waals surface area contributed by atoms with Gasteiger partial charge < -0.3 is 9.47 Å². The number of rotatable bonds is 10. The third kappa shape index (κ3) is 6.88. The number of hydrogen-bond acceptors (Lipinski definition) is 7. The van der Waals surface area contributed by atoms with Crippen LogP contribution in [0.5, 0.6) is 5.75 Å². The van der Waals surface area contributed by atoms with Crippen molar-refractivity contribution in [1.82, 2.24) is 24.9 Å². The van der Waals surface area contributed by atoms with E-state index in [9.17, 15) is 4.79 Å². The lowest BCUT2D eigenvalue weighted by atomic mass is 9.70. The normalized spacial score (nSPS) is 19.1. The molecule has 8 nitrogen and oxygen atoms in total. The van der Waals surface area contributed by atoms with Gasteiger partial charge in [-0.15, -0.1) is 5.10 Å². The molecule has 0 spiro atoms. The van der Waals surface area contributed by atoms with E-state index in [0.29, 0.717) is 6.61 Å². The van der Waals surface area contributed by atoms with E-state index in [1.165, 1.54) is 16.7 Å². The minimum Gasteiger partial charge on any atom is -0.487 e. The minimum atomic E-state index is -1.36. The predicted octanol–water partition coefficient (Wildman–Crippen LogP) is 7.63. The zero-order valence-electron chi connectivity index (χ0n) is 29.5. The number of aromatic nitrogens is 4. The third-order valence-electron chi connectivity index (χ3n) is 10.3. The number of fused-ring (bicyclic) bond motifs is 3. The maximum atomic E-state index is 14.0. The van der Waals surface area contributed by atoms with E-state index in [-0.39, 0.29) is 24.0 Å². The van der Waals surface area contributed by atoms with E-state index < -0.39 is 13.5 Å². The van der Waals surface area contributed by atoms with Gasteiger partial charge in [-0.1, -0.05) is 50.0 Å². The van der Waals surface area contributed by atoms with Crippen molar-refractivity contribution in [3.63, 3.8) is 0 Å². The zero-order valence-corrected chi connectivity index (χ0v) is 30.5. The maximum Gasteiger partial charge on any atom is 0.312 e. The molecule has 3 heterocycles. The highest BCUT2D eigenvalue weighted by Gasteiger charge is 2.41. The van der Waals surface area contributed by atoms with E-state index >= 15 is 0 Å². The van der Waals surface area contributed by atoms with Crippen LogP contribution in [0.15, 0.2) is 48.7 Å². The monoisotopic (exact) mass is 653 g/mol. The number of esters is 1. The molecule has 250 valence electrons. The Labute approximate surface area is 280 Å². The Hall–Kier alpha value is -3.56. The first-order valence-corrected chi connectivity index (χ1v) is 21.0. The molecule has 1 aliphatic heterocycles. The van der Waals surface area contributed by atoms with Crippen molar-refractivity contribution in [2.45, 2.75) is 104 Å². The molecule has 9 heteroatoms. The van der Waals surface area contributed by atoms with Gasteiger partial charge in [0.05, 0.1) is 29.3 Å². The highest BCUT2D eigenvalue weighted by atomic mass is 28.3. The second-order valence-corrected chi connectivity index (χ2v) is 21.0. The fourth-order valence-corrected chi connectivity index (χ4v) is 8.12. The largest absolute Gasteiger partial charge is 0.487 e. The third-order valence-corrected chi connectivity index (χ3v) is 12.0. The molecule has 0 saturated heterocycles. The Morgan fingerprint density at radius 3 is 2.70 bits per heavy atom. The van der Waals surface area contributed by atoms with Crippen molar-refractivity contribution in [3.8, 4) is 5.75 Å². The predicted molar refractivity (Wildman–Crippen MR) is 189 cm³/mol. The van der Waals surface area contributed by atoms with Crippen molar-refractivity contribution < 1.29 is 14.3 Å². The zero-order chi connectivity index (χ0) is 33.5. The van der Waals surface area contributed by atoms with Crippen LogP contribution in [-0.2, 0) is 36.0 Å². The quantitative estimate of drug-likeness (QED) is 0.129. The molecular weight excluding hydrogens is 603 g/mol. The smallest absolute Gasteiger partial charge is 0.312 e. The van der Waals surface area contributed by atoms with Gasteiger partial charge in [0.15, 0.2) is 0 Å². The van der Waals surface area contributed by atoms with E-state index in [1.54, 1.807) is 4.68 Å². The van der Waals surface area contributed by atoms with Crippen LogP contribution >= 0.6 is 0 Å². The van der Waals surface area contributed by atoms with Gasteiger partial charge in [0.1, 0.15) is 17.4 Å². The first-order valence-electron chi connectivity index (χ1n) is 17.3. The van der Waals surface area contributed by atoms with Crippen molar-refractivity contribution in [3.05, 3.63) is 82.2 Å². The summed E-state index contributed by atoms with van der Waals surface area (Å²) in [5.74, 6) is 0.504. The molecular formula is C38H51N5O3Si. The first kappa shape index (κ1) is 33.3. The van der Waals surface area contributed by atoms with E-state index in [2.05, 4.69) is 79.0 Å². The molecule has 2 aromatic heterocycles. The number of benzene rings is 2. The van der Waals surface area contributed by atoms with Gasteiger partial charge in [0, 0.05) is 40.3 Å². The van der Waals surface area contributed by atoms with E-state index in [0.717, 1.165) is 78.4 Å². The number of nitrogens with zero attached hydrogens (tertiary/aromatic N) is 5. The van der Waals surface area contributed by atoms with Crippen molar-refractivity contribution in [1.29, 1.82) is 0 Å². The van der Waals surface area contributed by atoms with Crippen molar-refractivity contribution in [2.24, 2.45) is 12.5 Å². The van der Waals surface area contributed by atoms with Crippen LogP contribution in [-0.4, -0.2) is 58.2 Å². The number of hydrogen-bond donors (Lipinski definition) is 0. The lowest BCUT2D eigenvalue weighted by Crippen LogP contribution is -2.36. The first-order chi connectivity index (χ1) is 22.4. The molecule has 1 aliphatic carbocycles. The Morgan fingerprint density at radius 1 is 1.13 bits per heavy atom. The standard InChI is InChI=1S/C38H51N5O3Si/c1-9-30-24-43(25(2)36-34(46-30)14-11-17-39-36)23-29-21-28(20-26-12-10-13-31(26)29)35(27-15-16-33-32(22-27)40-41-42(33)5)38(3,4)37(44)45-18-19-47(6,7)8/h11,14-17,20-22,25,30,35H,9-10,12-13,18-19,23-24H2,1-8H3/t25-,30+,35?/m0/s1. The minimum absolute atomic E-state index is 0.0930. The van der Waals surface area contributed by atoms with Crippen LogP contribution in [0.1, 0.15) is 86.0 Å². The van der Waals surface area contributed by atoms with Gasteiger partial charge in [-0.2, -0.15) is 0 Å². The molecule has 0 bridgehead atoms. The summed E-state index contributed by atoms with van der Waals surface area (Å²) >= 11 is 0. The molecule has 2 aliphatic rings. The van der Waals surface area contributed by atoms with E-state index in [4.69, 9.17) is 14.5 Å². The Kier molecular flexibility index (Phi) is 9.33. The summed E-state index contributed by atoms with van der Waals surface area (Å²) in [6.45, 7) is 17.6. The molecule has 0 fully saturated rings. The SMILES string of the molecule is CC[C@@H]1CN(Cc2cc(C(c3ccc4c(c3)nnn4C)C(C)(C)C(=O)OCC[Si](C)(C)C)cc3c2CCC3)[C@@H](C)c2ncccc2O1. The Balaban J connectivity index is 1.42.